The van der Waals surface area contributed by atoms with E-state index < -0.39 is 13.7 Å². The Balaban J connectivity index is 0.000000155. The minimum absolute atomic E-state index is 0. The maximum absolute atomic E-state index is 7.23. The topological polar surface area (TPSA) is 65.1 Å². The molecule has 0 fully saturated rings. The van der Waals surface area contributed by atoms with Crippen LogP contribution in [0.5, 0.6) is 0 Å². The summed E-state index contributed by atoms with van der Waals surface area (Å²) >= 11 is 0. The van der Waals surface area contributed by atoms with Gasteiger partial charge in [-0.25, -0.2) is 0 Å². The summed E-state index contributed by atoms with van der Waals surface area (Å²) < 4.78 is 49.7. The minimum atomic E-state index is -2.09. The smallest absolute Gasteiger partial charge is 0.142 e. The van der Waals surface area contributed by atoms with Crippen molar-refractivity contribution in [2.75, 3.05) is 0 Å². The molecule has 1 N–H and O–H groups in total. The zero-order chi connectivity index (χ0) is 40.5. The number of hydrogen-bond donors (Lipinski definition) is 1. The average Bonchev–Trinajstić information content (AvgIpc) is 3.65. The first kappa shape index (κ1) is 29.9. The van der Waals surface area contributed by atoms with E-state index in [2.05, 4.69) is 93.9 Å². The van der Waals surface area contributed by atoms with Crippen LogP contribution in [-0.2, 0) is 26.5 Å². The fourth-order valence-corrected chi connectivity index (χ4v) is 5.74. The number of furan rings is 1. The van der Waals surface area contributed by atoms with Gasteiger partial charge in [-0.2, -0.15) is 6.20 Å². The van der Waals surface area contributed by atoms with Gasteiger partial charge in [0.1, 0.15) is 11.3 Å². The fourth-order valence-electron chi connectivity index (χ4n) is 5.74. The molecule has 0 amide bonds. The second-order valence-electron chi connectivity index (χ2n) is 11.9. The van der Waals surface area contributed by atoms with E-state index in [-0.39, 0.29) is 37.4 Å². The fraction of sp³-hybridized carbons (Fsp3) is 0.0851. The monoisotopic (exact) mass is 873 g/mol. The molecule has 1 unspecified atom stereocenters. The largest absolute Gasteiger partial charge is 0.672 e. The Bertz CT molecular complexity index is 2490. The second-order valence-corrected chi connectivity index (χ2v) is 11.9. The van der Waals surface area contributed by atoms with Gasteiger partial charge in [-0.1, -0.05) is 96.6 Å². The third-order valence-corrected chi connectivity index (χ3v) is 8.33. The molecule has 0 saturated heterocycles. The summed E-state index contributed by atoms with van der Waals surface area (Å²) in [6.07, 6.45) is 7.33. The second kappa shape index (κ2) is 18.2. The van der Waals surface area contributed by atoms with Crippen molar-refractivity contribution in [3.63, 3.8) is 0 Å². The molecule has 4 heterocycles. The van der Waals surface area contributed by atoms with Crippen LogP contribution in [-0.4, -0.2) is 9.97 Å². The first-order chi connectivity index (χ1) is 28.0. The number of nitrogens with one attached hydrogen (secondary N) is 1. The van der Waals surface area contributed by atoms with E-state index in [1.165, 1.54) is 23.3 Å². The Hall–Kier alpha value is -5.65. The van der Waals surface area contributed by atoms with Crippen LogP contribution in [0.25, 0.3) is 55.6 Å². The zero-order valence-corrected chi connectivity index (χ0v) is 30.9. The van der Waals surface area contributed by atoms with Crippen molar-refractivity contribution in [1.29, 1.82) is 0 Å². The summed E-state index contributed by atoms with van der Waals surface area (Å²) in [5.74, 6) is 0.878. The predicted octanol–water partition coefficient (Wildman–Crippen LogP) is 11.6. The minimum Gasteiger partial charge on any atom is -0.672 e. The summed E-state index contributed by atoms with van der Waals surface area (Å²) in [4.78, 5) is 8.25. The number of fused-ring (bicyclic) bond motifs is 5. The Morgan fingerprint density at radius 3 is 1.96 bits per heavy atom. The van der Waals surface area contributed by atoms with E-state index in [0.717, 1.165) is 56.6 Å². The zero-order valence-electron chi connectivity index (χ0n) is 34.5. The third kappa shape index (κ3) is 9.42. The van der Waals surface area contributed by atoms with Gasteiger partial charge in [0, 0.05) is 57.1 Å². The number of aromatic nitrogens is 2. The van der Waals surface area contributed by atoms with Gasteiger partial charge in [-0.3, -0.25) is 6.54 Å². The Labute approximate surface area is 333 Å². The molecule has 3 aromatic heterocycles. The summed E-state index contributed by atoms with van der Waals surface area (Å²) in [5, 5.41) is 11.4. The Morgan fingerprint density at radius 2 is 1.36 bits per heavy atom. The van der Waals surface area contributed by atoms with Crippen molar-refractivity contribution in [3.8, 4) is 22.5 Å². The van der Waals surface area contributed by atoms with Crippen LogP contribution in [0.4, 0.5) is 0 Å². The Morgan fingerprint density at radius 1 is 0.717 bits per heavy atom. The normalized spacial score (nSPS) is 14.8. The van der Waals surface area contributed by atoms with Crippen molar-refractivity contribution >= 4 is 27.8 Å². The number of pyridine rings is 2. The van der Waals surface area contributed by atoms with Gasteiger partial charge in [-0.15, -0.1) is 78.2 Å². The van der Waals surface area contributed by atoms with Crippen molar-refractivity contribution < 1.29 is 32.7 Å². The predicted molar refractivity (Wildman–Crippen MR) is 213 cm³/mol. The molecule has 0 bridgehead atoms. The van der Waals surface area contributed by atoms with Gasteiger partial charge in [0.05, 0.1) is 0 Å². The molecule has 53 heavy (non-hydrogen) atoms. The van der Waals surface area contributed by atoms with Crippen molar-refractivity contribution in [2.45, 2.75) is 26.3 Å². The number of hydrogen-bond acceptors (Lipinski definition) is 4. The molecule has 0 aliphatic carbocycles. The van der Waals surface area contributed by atoms with Gasteiger partial charge >= 0.3 is 0 Å². The van der Waals surface area contributed by atoms with Gasteiger partial charge in [0.15, 0.2) is 0 Å². The number of benzene rings is 5. The molecule has 5 nitrogen and oxygen atoms in total. The number of aryl methyl sites for hydroxylation is 2. The van der Waals surface area contributed by atoms with Gasteiger partial charge in [-0.05, 0) is 53.8 Å². The van der Waals surface area contributed by atoms with Crippen molar-refractivity contribution in [3.05, 3.63) is 210 Å². The molecule has 1 radical (unpaired) electrons. The van der Waals surface area contributed by atoms with Gasteiger partial charge in [0.25, 0.3) is 0 Å². The van der Waals surface area contributed by atoms with Crippen LogP contribution in [0.15, 0.2) is 163 Å². The molecule has 265 valence electrons. The SMILES string of the molecule is C1=Cc2c(oc3c2ccc2ccccc23)C(N[CH-]Cc2ccccc2)[N-]1.[2H]C([2H])([2H])c1ccc(-c2[c-]cccc2)nc1.[2H]C([2H])([2H])c1ccc(-c2[c-]cccc2)nc1.[Ir]. The molecular weight excluding hydrogens is 829 g/mol. The van der Waals surface area contributed by atoms with E-state index in [0.29, 0.717) is 0 Å². The molecule has 0 spiro atoms. The summed E-state index contributed by atoms with van der Waals surface area (Å²) in [7, 11) is 0. The molecule has 1 aliphatic rings. The molecule has 5 aromatic carbocycles. The maximum Gasteiger partial charge on any atom is 0.142 e. The Kier molecular flexibility index (Phi) is 10.3. The van der Waals surface area contributed by atoms with Crippen LogP contribution in [0, 0.1) is 32.4 Å². The van der Waals surface area contributed by atoms with Crippen LogP contribution in [0.2, 0.25) is 0 Å². The van der Waals surface area contributed by atoms with E-state index in [9.17, 15) is 0 Å². The van der Waals surface area contributed by atoms with Crippen LogP contribution in [0.1, 0.15) is 42.4 Å². The molecule has 8 aromatic rings. The quantitative estimate of drug-likeness (QED) is 0.169. The van der Waals surface area contributed by atoms with Crippen LogP contribution < -0.4 is 5.32 Å². The number of rotatable bonds is 6. The third-order valence-electron chi connectivity index (χ3n) is 8.33. The summed E-state index contributed by atoms with van der Waals surface area (Å²) in [6.45, 7) is -2.13. The van der Waals surface area contributed by atoms with E-state index in [1.807, 2.05) is 60.8 Å². The summed E-state index contributed by atoms with van der Waals surface area (Å²) in [5.41, 5.74) is 7.01. The molecule has 6 heteroatoms. The van der Waals surface area contributed by atoms with Crippen LogP contribution >= 0.6 is 0 Å². The van der Waals surface area contributed by atoms with E-state index in [4.69, 9.17) is 12.6 Å². The van der Waals surface area contributed by atoms with Gasteiger partial charge < -0.3 is 25.0 Å². The maximum atomic E-state index is 7.23. The average molecular weight is 873 g/mol. The number of nitrogens with zero attached hydrogens (tertiary/aromatic N) is 3. The standard InChI is InChI=1S/C23H18N2O.2C12H10N.Ir/c1-2-6-16(7-3-1)12-14-24-23-22-20(13-15-25-23)19-11-10-17-8-4-5-9-18(17)21(19)26-22;2*1-10-7-8-12(13-9-10)11-5-3-2-4-6-11;/h1-11,13-15,23-24H,12H2;2*2-5,7-9H,1H3;/q-2;2*-1;/i;2*1D3;. The molecular formula is C47H38IrN4O-4. The molecule has 0 saturated carbocycles. The molecule has 1 atom stereocenters. The first-order valence-electron chi connectivity index (χ1n) is 19.8. The van der Waals surface area contributed by atoms with Gasteiger partial charge in [0.2, 0.25) is 0 Å². The van der Waals surface area contributed by atoms with Crippen molar-refractivity contribution in [1.82, 2.24) is 15.3 Å². The first-order valence-corrected chi connectivity index (χ1v) is 16.8. The molecule has 9 rings (SSSR count). The van der Waals surface area contributed by atoms with E-state index >= 15 is 0 Å². The summed E-state index contributed by atoms with van der Waals surface area (Å²) in [6, 6.07) is 50.5. The van der Waals surface area contributed by atoms with E-state index in [1.54, 1.807) is 36.4 Å². The van der Waals surface area contributed by atoms with Crippen LogP contribution in [0.3, 0.4) is 0 Å². The molecule has 1 aliphatic heterocycles. The van der Waals surface area contributed by atoms with Crippen molar-refractivity contribution in [2.24, 2.45) is 0 Å².